The summed E-state index contributed by atoms with van der Waals surface area (Å²) in [6.07, 6.45) is 66.7. The monoisotopic (exact) mass is 859 g/mol. The van der Waals surface area contributed by atoms with Crippen molar-refractivity contribution in [3.8, 4) is 0 Å². The van der Waals surface area contributed by atoms with E-state index in [0.717, 1.165) is 89.9 Å². The Bertz CT molecular complexity index is 1310. The van der Waals surface area contributed by atoms with Crippen LogP contribution < -0.4 is 0 Å². The average Bonchev–Trinajstić information content (AvgIpc) is 3.27. The third-order valence-electron chi connectivity index (χ3n) is 10.0. The standard InChI is InChI=1S/C56H90O6/c1-4-7-10-13-16-19-21-23-25-27-28-29-31-32-34-37-40-43-46-49-55(58)61-52-53(51-60-54(57)48-45-42-39-36-18-15-12-9-6-3)62-56(59)50-47-44-41-38-35-33-30-26-24-22-20-17-14-11-8-5-2/h7-8,10-11,16-17,19-20,23-26,33,35-36,39,41,44,53H,4-6,9,12-15,18,21-22,27-32,34,37-38,40,42-43,45-52H2,1-3H3/b10-7-,11-8-,19-16-,20-17-,25-23-,26-24-,35-33-,39-36-,44-41-. The summed E-state index contributed by atoms with van der Waals surface area (Å²) in [5, 5.41) is 0. The van der Waals surface area contributed by atoms with Gasteiger partial charge in [0, 0.05) is 19.3 Å². The van der Waals surface area contributed by atoms with Crippen molar-refractivity contribution in [2.45, 2.75) is 213 Å². The Balaban J connectivity index is 4.46. The first kappa shape index (κ1) is 58.1. The summed E-state index contributed by atoms with van der Waals surface area (Å²) < 4.78 is 16.6. The fraction of sp³-hybridized carbons (Fsp3) is 0.625. The van der Waals surface area contributed by atoms with Gasteiger partial charge in [-0.2, -0.15) is 0 Å². The largest absolute Gasteiger partial charge is 0.462 e. The van der Waals surface area contributed by atoms with E-state index >= 15 is 0 Å². The highest BCUT2D eigenvalue weighted by molar-refractivity contribution is 5.71. The van der Waals surface area contributed by atoms with Crippen LogP contribution in [0.15, 0.2) is 109 Å². The molecule has 0 aromatic heterocycles. The van der Waals surface area contributed by atoms with Crippen LogP contribution in [0.5, 0.6) is 0 Å². The van der Waals surface area contributed by atoms with E-state index in [4.69, 9.17) is 14.2 Å². The molecule has 1 atom stereocenters. The molecule has 6 heteroatoms. The Kier molecular flexibility index (Phi) is 46.6. The van der Waals surface area contributed by atoms with Crippen LogP contribution in [0.4, 0.5) is 0 Å². The van der Waals surface area contributed by atoms with Crippen LogP contribution in [-0.2, 0) is 28.6 Å². The van der Waals surface area contributed by atoms with Crippen molar-refractivity contribution in [2.24, 2.45) is 0 Å². The fourth-order valence-electron chi connectivity index (χ4n) is 6.33. The number of rotatable bonds is 43. The van der Waals surface area contributed by atoms with E-state index in [1.165, 1.54) is 64.2 Å². The minimum absolute atomic E-state index is 0.121. The molecule has 0 N–H and O–H groups in total. The Morgan fingerprint density at radius 2 is 0.677 bits per heavy atom. The summed E-state index contributed by atoms with van der Waals surface area (Å²) in [5.74, 6) is -1.06. The van der Waals surface area contributed by atoms with Crippen LogP contribution in [0.2, 0.25) is 0 Å². The number of unbranched alkanes of at least 4 members (excludes halogenated alkanes) is 14. The zero-order chi connectivity index (χ0) is 45.1. The van der Waals surface area contributed by atoms with E-state index in [1.807, 2.05) is 12.2 Å². The van der Waals surface area contributed by atoms with Gasteiger partial charge >= 0.3 is 17.9 Å². The van der Waals surface area contributed by atoms with E-state index < -0.39 is 12.1 Å². The van der Waals surface area contributed by atoms with Gasteiger partial charge in [0.15, 0.2) is 6.10 Å². The highest BCUT2D eigenvalue weighted by Gasteiger charge is 2.19. The zero-order valence-corrected chi connectivity index (χ0v) is 39.8. The zero-order valence-electron chi connectivity index (χ0n) is 39.8. The van der Waals surface area contributed by atoms with Crippen LogP contribution in [0.25, 0.3) is 0 Å². The van der Waals surface area contributed by atoms with Gasteiger partial charge in [0.2, 0.25) is 0 Å². The van der Waals surface area contributed by atoms with Gasteiger partial charge in [-0.05, 0) is 103 Å². The normalized spacial score (nSPS) is 13.0. The third kappa shape index (κ3) is 47.1. The van der Waals surface area contributed by atoms with Crippen molar-refractivity contribution in [1.82, 2.24) is 0 Å². The molecule has 350 valence electrons. The van der Waals surface area contributed by atoms with Crippen molar-refractivity contribution in [3.05, 3.63) is 109 Å². The predicted octanol–water partition coefficient (Wildman–Crippen LogP) is 16.4. The van der Waals surface area contributed by atoms with Gasteiger partial charge in [-0.1, -0.05) is 194 Å². The summed E-state index contributed by atoms with van der Waals surface area (Å²) >= 11 is 0. The molecule has 0 fully saturated rings. The van der Waals surface area contributed by atoms with Crippen LogP contribution in [-0.4, -0.2) is 37.2 Å². The smallest absolute Gasteiger partial charge is 0.306 e. The number of carbonyl (C=O) groups excluding carboxylic acids is 3. The van der Waals surface area contributed by atoms with Crippen molar-refractivity contribution in [3.63, 3.8) is 0 Å². The molecule has 0 radical (unpaired) electrons. The lowest BCUT2D eigenvalue weighted by Crippen LogP contribution is -2.30. The molecular formula is C56H90O6. The van der Waals surface area contributed by atoms with E-state index in [-0.39, 0.29) is 31.6 Å². The van der Waals surface area contributed by atoms with Gasteiger partial charge in [0.1, 0.15) is 13.2 Å². The molecule has 0 aromatic rings. The van der Waals surface area contributed by atoms with Crippen molar-refractivity contribution in [1.29, 1.82) is 0 Å². The molecule has 1 unspecified atom stereocenters. The third-order valence-corrected chi connectivity index (χ3v) is 10.0. The van der Waals surface area contributed by atoms with Gasteiger partial charge < -0.3 is 14.2 Å². The lowest BCUT2D eigenvalue weighted by Gasteiger charge is -2.18. The van der Waals surface area contributed by atoms with E-state index in [1.54, 1.807) is 0 Å². The second-order valence-corrected chi connectivity index (χ2v) is 16.0. The summed E-state index contributed by atoms with van der Waals surface area (Å²) in [4.78, 5) is 37.8. The van der Waals surface area contributed by atoms with Crippen molar-refractivity contribution < 1.29 is 28.6 Å². The Morgan fingerprint density at radius 1 is 0.339 bits per heavy atom. The molecule has 0 saturated carbocycles. The number of esters is 3. The summed E-state index contributed by atoms with van der Waals surface area (Å²) in [6, 6.07) is 0. The lowest BCUT2D eigenvalue weighted by molar-refractivity contribution is -0.166. The molecule has 62 heavy (non-hydrogen) atoms. The molecule has 0 aromatic carbocycles. The second kappa shape index (κ2) is 49.7. The number of hydrogen-bond donors (Lipinski definition) is 0. The molecule has 0 rings (SSSR count). The fourth-order valence-corrected chi connectivity index (χ4v) is 6.33. The molecule has 0 saturated heterocycles. The van der Waals surface area contributed by atoms with Crippen LogP contribution in [0.1, 0.15) is 207 Å². The molecule has 0 aliphatic heterocycles. The molecule has 0 spiro atoms. The maximum atomic E-state index is 12.7. The number of allylic oxidation sites excluding steroid dienone is 18. The van der Waals surface area contributed by atoms with E-state index in [2.05, 4.69) is 118 Å². The molecule has 0 heterocycles. The number of carbonyl (C=O) groups is 3. The minimum atomic E-state index is -0.831. The summed E-state index contributed by atoms with van der Waals surface area (Å²) in [5.41, 5.74) is 0. The van der Waals surface area contributed by atoms with Crippen LogP contribution >= 0.6 is 0 Å². The van der Waals surface area contributed by atoms with Gasteiger partial charge in [-0.25, -0.2) is 0 Å². The number of ether oxygens (including phenoxy) is 3. The topological polar surface area (TPSA) is 78.9 Å². The Hall–Kier alpha value is -3.93. The first-order valence-electron chi connectivity index (χ1n) is 24.9. The van der Waals surface area contributed by atoms with E-state index in [0.29, 0.717) is 25.7 Å². The Labute approximate surface area is 380 Å². The molecule has 0 amide bonds. The first-order chi connectivity index (χ1) is 30.5. The van der Waals surface area contributed by atoms with Gasteiger partial charge in [-0.3, -0.25) is 14.4 Å². The van der Waals surface area contributed by atoms with Gasteiger partial charge in [0.25, 0.3) is 0 Å². The molecule has 0 aliphatic carbocycles. The summed E-state index contributed by atoms with van der Waals surface area (Å²) in [7, 11) is 0. The molecule has 0 aliphatic rings. The highest BCUT2D eigenvalue weighted by atomic mass is 16.6. The van der Waals surface area contributed by atoms with Gasteiger partial charge in [0.05, 0.1) is 0 Å². The van der Waals surface area contributed by atoms with E-state index in [9.17, 15) is 14.4 Å². The summed E-state index contributed by atoms with van der Waals surface area (Å²) in [6.45, 7) is 6.27. The van der Waals surface area contributed by atoms with Crippen molar-refractivity contribution in [2.75, 3.05) is 13.2 Å². The first-order valence-corrected chi connectivity index (χ1v) is 24.9. The maximum absolute atomic E-state index is 12.7. The lowest BCUT2D eigenvalue weighted by atomic mass is 10.1. The number of hydrogen-bond acceptors (Lipinski definition) is 6. The van der Waals surface area contributed by atoms with Crippen molar-refractivity contribution >= 4 is 17.9 Å². The SMILES string of the molecule is CC/C=C\C/C=C\C/C=C\C/C=C\C/C=C\CCC(=O)OC(COC(=O)CCC/C=C\CCCCCC)COC(=O)CCCCCCCCCCC/C=C\C/C=C\C/C=C\CC. The predicted molar refractivity (Wildman–Crippen MR) is 265 cm³/mol. The highest BCUT2D eigenvalue weighted by Crippen LogP contribution is 2.13. The minimum Gasteiger partial charge on any atom is -0.462 e. The average molecular weight is 859 g/mol. The van der Waals surface area contributed by atoms with Crippen LogP contribution in [0.3, 0.4) is 0 Å². The molecule has 6 nitrogen and oxygen atoms in total. The Morgan fingerprint density at radius 3 is 1.13 bits per heavy atom. The maximum Gasteiger partial charge on any atom is 0.306 e. The van der Waals surface area contributed by atoms with Gasteiger partial charge in [-0.15, -0.1) is 0 Å². The molecule has 0 bridgehead atoms. The molecular weight excluding hydrogens is 769 g/mol. The van der Waals surface area contributed by atoms with Crippen LogP contribution in [0, 0.1) is 0 Å². The second-order valence-electron chi connectivity index (χ2n) is 16.0. The quantitative estimate of drug-likeness (QED) is 0.0263.